The molecule has 1 aliphatic carbocycles. The Morgan fingerprint density at radius 3 is 2.14 bits per heavy atom. The van der Waals surface area contributed by atoms with E-state index in [1.807, 2.05) is 44.2 Å². The van der Waals surface area contributed by atoms with Crippen LogP contribution in [0, 0.1) is 13.8 Å². The maximum atomic E-state index is 12.4. The number of benzene rings is 3. The minimum absolute atomic E-state index is 0.0160. The van der Waals surface area contributed by atoms with Gasteiger partial charge in [0.05, 0.1) is 6.61 Å². The van der Waals surface area contributed by atoms with Gasteiger partial charge in [0.2, 0.25) is 0 Å². The van der Waals surface area contributed by atoms with Crippen LogP contribution in [0.3, 0.4) is 0 Å². The van der Waals surface area contributed by atoms with Crippen molar-refractivity contribution >= 4 is 11.8 Å². The first-order valence-corrected chi connectivity index (χ1v) is 9.42. The average Bonchev–Trinajstić information content (AvgIpc) is 3.04. The van der Waals surface area contributed by atoms with Gasteiger partial charge < -0.3 is 9.84 Å². The summed E-state index contributed by atoms with van der Waals surface area (Å²) < 4.78 is 5.60. The van der Waals surface area contributed by atoms with Crippen molar-refractivity contribution in [1.29, 1.82) is 0 Å². The summed E-state index contributed by atoms with van der Waals surface area (Å²) in [5, 5.41) is 12.2. The number of hydrogen-bond acceptors (Lipinski definition) is 3. The van der Waals surface area contributed by atoms with Gasteiger partial charge >= 0.3 is 6.09 Å². The van der Waals surface area contributed by atoms with Crippen LogP contribution in [0.1, 0.15) is 33.7 Å². The smallest absolute Gasteiger partial charge is 0.411 e. The quantitative estimate of drug-likeness (QED) is 0.664. The summed E-state index contributed by atoms with van der Waals surface area (Å²) >= 11 is 0. The normalized spacial score (nSPS) is 12.4. The van der Waals surface area contributed by atoms with E-state index in [1.54, 1.807) is 6.07 Å². The molecule has 0 saturated heterocycles. The number of rotatable bonds is 4. The molecule has 0 saturated carbocycles. The second-order valence-electron chi connectivity index (χ2n) is 7.13. The topological polar surface area (TPSA) is 58.6 Å². The molecule has 142 valence electrons. The molecule has 4 rings (SSSR count). The van der Waals surface area contributed by atoms with Crippen molar-refractivity contribution in [3.05, 3.63) is 88.5 Å². The molecule has 1 aliphatic rings. The van der Waals surface area contributed by atoms with Crippen LogP contribution in [0.15, 0.2) is 60.7 Å². The SMILES string of the molecule is Cc1c(CO)ccc(NC(=O)OCC2c3ccccc3-c3ccccc32)c1C. The molecule has 0 fully saturated rings. The molecule has 0 atom stereocenters. The fourth-order valence-corrected chi connectivity index (χ4v) is 3.93. The molecule has 2 N–H and O–H groups in total. The Balaban J connectivity index is 1.50. The summed E-state index contributed by atoms with van der Waals surface area (Å²) in [5.74, 6) is 0.0396. The van der Waals surface area contributed by atoms with Crippen LogP contribution in [0.2, 0.25) is 0 Å². The zero-order chi connectivity index (χ0) is 19.7. The van der Waals surface area contributed by atoms with E-state index in [9.17, 15) is 9.90 Å². The van der Waals surface area contributed by atoms with E-state index < -0.39 is 6.09 Å². The Morgan fingerprint density at radius 1 is 0.929 bits per heavy atom. The van der Waals surface area contributed by atoms with Crippen LogP contribution in [0.5, 0.6) is 0 Å². The molecule has 0 aliphatic heterocycles. The zero-order valence-corrected chi connectivity index (χ0v) is 16.0. The van der Waals surface area contributed by atoms with Gasteiger partial charge in [-0.25, -0.2) is 4.79 Å². The van der Waals surface area contributed by atoms with Gasteiger partial charge in [-0.15, -0.1) is 0 Å². The van der Waals surface area contributed by atoms with E-state index >= 15 is 0 Å². The van der Waals surface area contributed by atoms with Gasteiger partial charge in [-0.2, -0.15) is 0 Å². The van der Waals surface area contributed by atoms with Crippen molar-refractivity contribution in [3.63, 3.8) is 0 Å². The van der Waals surface area contributed by atoms with E-state index in [-0.39, 0.29) is 19.1 Å². The molecule has 3 aromatic carbocycles. The molecule has 1 amide bonds. The van der Waals surface area contributed by atoms with Crippen LogP contribution in [0.25, 0.3) is 11.1 Å². The third kappa shape index (κ3) is 3.16. The van der Waals surface area contributed by atoms with E-state index in [1.165, 1.54) is 22.3 Å². The molecule has 4 nitrogen and oxygen atoms in total. The summed E-state index contributed by atoms with van der Waals surface area (Å²) in [6, 6.07) is 20.2. The van der Waals surface area contributed by atoms with E-state index in [0.717, 1.165) is 16.7 Å². The number of ether oxygens (including phenoxy) is 1. The summed E-state index contributed by atoms with van der Waals surface area (Å²) in [7, 11) is 0. The largest absolute Gasteiger partial charge is 0.448 e. The molecule has 0 heterocycles. The predicted octanol–water partition coefficient (Wildman–Crippen LogP) is 5.16. The monoisotopic (exact) mass is 373 g/mol. The highest BCUT2D eigenvalue weighted by molar-refractivity contribution is 5.86. The van der Waals surface area contributed by atoms with E-state index in [2.05, 4.69) is 29.6 Å². The Morgan fingerprint density at radius 2 is 1.54 bits per heavy atom. The van der Waals surface area contributed by atoms with Gasteiger partial charge in [0, 0.05) is 11.6 Å². The molecule has 0 aromatic heterocycles. The molecule has 28 heavy (non-hydrogen) atoms. The van der Waals surface area contributed by atoms with Crippen molar-refractivity contribution in [2.75, 3.05) is 11.9 Å². The first-order valence-electron chi connectivity index (χ1n) is 9.42. The van der Waals surface area contributed by atoms with Crippen LogP contribution >= 0.6 is 0 Å². The van der Waals surface area contributed by atoms with Gasteiger partial charge in [0.15, 0.2) is 0 Å². The maximum absolute atomic E-state index is 12.4. The number of anilines is 1. The Bertz CT molecular complexity index is 996. The minimum atomic E-state index is -0.471. The average molecular weight is 373 g/mol. The van der Waals surface area contributed by atoms with Gasteiger partial charge in [-0.3, -0.25) is 5.32 Å². The molecule has 4 heteroatoms. The molecule has 0 radical (unpaired) electrons. The van der Waals surface area contributed by atoms with Crippen molar-refractivity contribution in [3.8, 4) is 11.1 Å². The van der Waals surface area contributed by atoms with Crippen molar-refractivity contribution in [1.82, 2.24) is 0 Å². The van der Waals surface area contributed by atoms with Gasteiger partial charge in [-0.1, -0.05) is 54.6 Å². The predicted molar refractivity (Wildman–Crippen MR) is 111 cm³/mol. The van der Waals surface area contributed by atoms with Crippen molar-refractivity contribution in [2.24, 2.45) is 0 Å². The Hall–Kier alpha value is -3.11. The lowest BCUT2D eigenvalue weighted by Gasteiger charge is -2.16. The molecule has 0 spiro atoms. The lowest BCUT2D eigenvalue weighted by Crippen LogP contribution is -2.18. The number of nitrogens with one attached hydrogen (secondary N) is 1. The standard InChI is InChI=1S/C24H23NO3/c1-15-16(2)23(12-11-17(15)13-26)25-24(27)28-14-22-20-9-5-3-7-18(20)19-8-4-6-10-21(19)22/h3-12,22,26H,13-14H2,1-2H3,(H,25,27). The van der Waals surface area contributed by atoms with E-state index in [4.69, 9.17) is 4.74 Å². The zero-order valence-electron chi connectivity index (χ0n) is 16.0. The highest BCUT2D eigenvalue weighted by Gasteiger charge is 2.29. The first kappa shape index (κ1) is 18.3. The summed E-state index contributed by atoms with van der Waals surface area (Å²) in [6.45, 7) is 4.13. The number of carbonyl (C=O) groups excluding carboxylic acids is 1. The molecule has 0 unspecified atom stereocenters. The third-order valence-electron chi connectivity index (χ3n) is 5.65. The second kappa shape index (κ2) is 7.49. The summed E-state index contributed by atoms with van der Waals surface area (Å²) in [5.41, 5.74) is 8.25. The second-order valence-corrected chi connectivity index (χ2v) is 7.13. The number of fused-ring (bicyclic) bond motifs is 3. The number of aliphatic hydroxyl groups excluding tert-OH is 1. The van der Waals surface area contributed by atoms with Gasteiger partial charge in [0.25, 0.3) is 0 Å². The van der Waals surface area contributed by atoms with Gasteiger partial charge in [0.1, 0.15) is 6.61 Å². The van der Waals surface area contributed by atoms with Crippen molar-refractivity contribution in [2.45, 2.75) is 26.4 Å². The van der Waals surface area contributed by atoms with Crippen LogP contribution in [-0.2, 0) is 11.3 Å². The fourth-order valence-electron chi connectivity index (χ4n) is 3.93. The molecular weight excluding hydrogens is 350 g/mol. The van der Waals surface area contributed by atoms with Crippen LogP contribution < -0.4 is 5.32 Å². The minimum Gasteiger partial charge on any atom is -0.448 e. The molecule has 0 bridgehead atoms. The summed E-state index contributed by atoms with van der Waals surface area (Å²) in [4.78, 5) is 12.4. The Labute approximate surface area is 164 Å². The van der Waals surface area contributed by atoms with Crippen LogP contribution in [-0.4, -0.2) is 17.8 Å². The fraction of sp³-hybridized carbons (Fsp3) is 0.208. The maximum Gasteiger partial charge on any atom is 0.411 e. The number of hydrogen-bond donors (Lipinski definition) is 2. The Kier molecular flexibility index (Phi) is 4.88. The summed E-state index contributed by atoms with van der Waals surface area (Å²) in [6.07, 6.45) is -0.471. The lowest BCUT2D eigenvalue weighted by atomic mass is 9.98. The lowest BCUT2D eigenvalue weighted by molar-refractivity contribution is 0.158. The van der Waals surface area contributed by atoms with Crippen LogP contribution in [0.4, 0.5) is 10.5 Å². The van der Waals surface area contributed by atoms with Gasteiger partial charge in [-0.05, 0) is 58.9 Å². The molecular formula is C24H23NO3. The number of amides is 1. The first-order chi connectivity index (χ1) is 13.6. The molecule has 3 aromatic rings. The third-order valence-corrected chi connectivity index (χ3v) is 5.65. The highest BCUT2D eigenvalue weighted by atomic mass is 16.5. The van der Waals surface area contributed by atoms with E-state index in [0.29, 0.717) is 5.69 Å². The number of aliphatic hydroxyl groups is 1. The van der Waals surface area contributed by atoms with Crippen molar-refractivity contribution < 1.29 is 14.6 Å². The number of carbonyl (C=O) groups is 1. The highest BCUT2D eigenvalue weighted by Crippen LogP contribution is 2.44.